The Morgan fingerprint density at radius 3 is 2.73 bits per heavy atom. The summed E-state index contributed by atoms with van der Waals surface area (Å²) in [6.45, 7) is -0.473. The van der Waals surface area contributed by atoms with E-state index in [9.17, 15) is 14.9 Å². The summed E-state index contributed by atoms with van der Waals surface area (Å²) in [5.74, 6) is -0.452. The normalized spacial score (nSPS) is 9.67. The highest BCUT2D eigenvalue weighted by Gasteiger charge is 2.14. The topological polar surface area (TPSA) is 92.5 Å². The van der Waals surface area contributed by atoms with Crippen LogP contribution in [0.1, 0.15) is 5.56 Å². The number of carbonyl (C=O) groups excluding carboxylic acids is 1. The first kappa shape index (κ1) is 11.1. The van der Waals surface area contributed by atoms with Crippen molar-refractivity contribution in [2.75, 3.05) is 6.73 Å². The molecule has 1 aromatic rings. The fourth-order valence-electron chi connectivity index (χ4n) is 1.16. The van der Waals surface area contributed by atoms with Crippen LogP contribution >= 0.6 is 0 Å². The van der Waals surface area contributed by atoms with Crippen LogP contribution in [0.2, 0.25) is 0 Å². The lowest BCUT2D eigenvalue weighted by Crippen LogP contribution is -2.25. The van der Waals surface area contributed by atoms with Gasteiger partial charge in [0.05, 0.1) is 11.3 Å². The van der Waals surface area contributed by atoms with Crippen LogP contribution in [0.4, 0.5) is 5.69 Å². The van der Waals surface area contributed by atoms with Gasteiger partial charge in [0.15, 0.2) is 0 Å². The molecular weight excluding hydrogens is 200 g/mol. The molecule has 2 N–H and O–H groups in total. The van der Waals surface area contributed by atoms with E-state index in [0.717, 1.165) is 0 Å². The van der Waals surface area contributed by atoms with Crippen LogP contribution in [-0.2, 0) is 11.2 Å². The van der Waals surface area contributed by atoms with Gasteiger partial charge in [-0.1, -0.05) is 18.2 Å². The summed E-state index contributed by atoms with van der Waals surface area (Å²) in [7, 11) is 0. The highest BCUT2D eigenvalue weighted by Crippen LogP contribution is 2.17. The third kappa shape index (κ3) is 3.03. The number of hydrogen-bond acceptors (Lipinski definition) is 4. The average Bonchev–Trinajstić information content (AvgIpc) is 2.18. The second-order valence-electron chi connectivity index (χ2n) is 2.82. The molecule has 0 fully saturated rings. The molecular formula is C9H10N2O4. The fourth-order valence-corrected chi connectivity index (χ4v) is 1.16. The molecule has 0 aliphatic rings. The lowest BCUT2D eigenvalue weighted by molar-refractivity contribution is -0.385. The number of rotatable bonds is 4. The van der Waals surface area contributed by atoms with Crippen LogP contribution in [0.15, 0.2) is 24.3 Å². The highest BCUT2D eigenvalue weighted by atomic mass is 16.6. The van der Waals surface area contributed by atoms with Crippen molar-refractivity contribution in [3.63, 3.8) is 0 Å². The number of carbonyl (C=O) groups is 1. The van der Waals surface area contributed by atoms with Gasteiger partial charge < -0.3 is 10.4 Å². The Balaban J connectivity index is 2.84. The average molecular weight is 210 g/mol. The summed E-state index contributed by atoms with van der Waals surface area (Å²) in [6.07, 6.45) is -0.113. The van der Waals surface area contributed by atoms with Crippen molar-refractivity contribution >= 4 is 11.6 Å². The van der Waals surface area contributed by atoms with E-state index in [2.05, 4.69) is 5.32 Å². The van der Waals surface area contributed by atoms with Crippen molar-refractivity contribution in [2.24, 2.45) is 0 Å². The molecule has 80 valence electrons. The molecule has 0 saturated heterocycles. The van der Waals surface area contributed by atoms with Gasteiger partial charge in [0.2, 0.25) is 5.91 Å². The van der Waals surface area contributed by atoms with Crippen molar-refractivity contribution in [3.05, 3.63) is 39.9 Å². The first-order chi connectivity index (χ1) is 7.15. The number of nitrogens with zero attached hydrogens (tertiary/aromatic N) is 1. The minimum Gasteiger partial charge on any atom is -0.377 e. The smallest absolute Gasteiger partial charge is 0.273 e. The monoisotopic (exact) mass is 210 g/mol. The number of aliphatic hydroxyl groups excluding tert-OH is 1. The minimum atomic E-state index is -0.540. The van der Waals surface area contributed by atoms with Gasteiger partial charge >= 0.3 is 0 Å². The molecule has 15 heavy (non-hydrogen) atoms. The zero-order valence-electron chi connectivity index (χ0n) is 7.84. The molecule has 0 spiro atoms. The van der Waals surface area contributed by atoms with Gasteiger partial charge in [-0.05, 0) is 0 Å². The van der Waals surface area contributed by atoms with Crippen molar-refractivity contribution < 1.29 is 14.8 Å². The molecule has 0 bridgehead atoms. The van der Waals surface area contributed by atoms with Crippen molar-refractivity contribution in [3.8, 4) is 0 Å². The third-order valence-electron chi connectivity index (χ3n) is 1.82. The Morgan fingerprint density at radius 1 is 1.47 bits per heavy atom. The molecule has 0 radical (unpaired) electrons. The number of aliphatic hydroxyl groups is 1. The zero-order chi connectivity index (χ0) is 11.3. The van der Waals surface area contributed by atoms with Crippen molar-refractivity contribution in [1.29, 1.82) is 0 Å². The zero-order valence-corrected chi connectivity index (χ0v) is 7.84. The first-order valence-corrected chi connectivity index (χ1v) is 4.25. The summed E-state index contributed by atoms with van der Waals surface area (Å²) in [4.78, 5) is 21.1. The van der Waals surface area contributed by atoms with E-state index in [1.54, 1.807) is 6.07 Å². The summed E-state index contributed by atoms with van der Waals surface area (Å²) in [5, 5.41) is 21.2. The second-order valence-corrected chi connectivity index (χ2v) is 2.82. The van der Waals surface area contributed by atoms with Crippen LogP contribution in [0.3, 0.4) is 0 Å². The number of amides is 1. The number of para-hydroxylation sites is 1. The number of benzene rings is 1. The van der Waals surface area contributed by atoms with Gasteiger partial charge in [-0.2, -0.15) is 0 Å². The Hall–Kier alpha value is -1.95. The summed E-state index contributed by atoms with van der Waals surface area (Å²) >= 11 is 0. The number of hydrogen-bond donors (Lipinski definition) is 2. The van der Waals surface area contributed by atoms with E-state index in [4.69, 9.17) is 5.11 Å². The molecule has 0 aromatic heterocycles. The summed E-state index contributed by atoms with van der Waals surface area (Å²) < 4.78 is 0. The van der Waals surface area contributed by atoms with Gasteiger partial charge in [-0.3, -0.25) is 14.9 Å². The molecule has 6 nitrogen and oxygen atoms in total. The molecule has 0 unspecified atom stereocenters. The number of nitro groups is 1. The van der Waals surface area contributed by atoms with Gasteiger partial charge in [0.1, 0.15) is 6.73 Å². The SMILES string of the molecule is O=C(Cc1ccccc1[N+](=O)[O-])NCO. The largest absolute Gasteiger partial charge is 0.377 e. The Morgan fingerprint density at radius 2 is 2.13 bits per heavy atom. The molecule has 0 saturated carbocycles. The molecule has 0 aliphatic heterocycles. The molecule has 1 rings (SSSR count). The standard InChI is InChI=1S/C9H10N2O4/c12-6-10-9(13)5-7-3-1-2-4-8(7)11(14)15/h1-4,12H,5-6H2,(H,10,13). The minimum absolute atomic E-state index is 0.0920. The lowest BCUT2D eigenvalue weighted by Gasteiger charge is -2.02. The van der Waals surface area contributed by atoms with E-state index in [-0.39, 0.29) is 12.1 Å². The van der Waals surface area contributed by atoms with Gasteiger partial charge in [-0.25, -0.2) is 0 Å². The van der Waals surface area contributed by atoms with Crippen LogP contribution in [-0.4, -0.2) is 22.7 Å². The van der Waals surface area contributed by atoms with Crippen LogP contribution in [0.5, 0.6) is 0 Å². The van der Waals surface area contributed by atoms with Gasteiger partial charge in [0.25, 0.3) is 5.69 Å². The Kier molecular flexibility index (Phi) is 3.75. The number of nitro benzene ring substituents is 1. The van der Waals surface area contributed by atoms with Crippen molar-refractivity contribution in [1.82, 2.24) is 5.32 Å². The molecule has 0 atom stereocenters. The summed E-state index contributed by atoms with van der Waals surface area (Å²) in [6, 6.07) is 6.00. The van der Waals surface area contributed by atoms with E-state index in [1.165, 1.54) is 18.2 Å². The Bertz CT molecular complexity index is 378. The third-order valence-corrected chi connectivity index (χ3v) is 1.82. The van der Waals surface area contributed by atoms with Crippen LogP contribution in [0, 0.1) is 10.1 Å². The quantitative estimate of drug-likeness (QED) is 0.422. The van der Waals surface area contributed by atoms with Gasteiger partial charge in [0, 0.05) is 11.6 Å². The molecule has 0 aliphatic carbocycles. The number of nitrogens with one attached hydrogen (secondary N) is 1. The maximum atomic E-state index is 11.1. The van der Waals surface area contributed by atoms with E-state index in [0.29, 0.717) is 5.56 Å². The van der Waals surface area contributed by atoms with Crippen LogP contribution < -0.4 is 5.32 Å². The maximum Gasteiger partial charge on any atom is 0.273 e. The van der Waals surface area contributed by atoms with E-state index >= 15 is 0 Å². The highest BCUT2D eigenvalue weighted by molar-refractivity contribution is 5.79. The van der Waals surface area contributed by atoms with Gasteiger partial charge in [-0.15, -0.1) is 0 Å². The predicted octanol–water partition coefficient (Wildman–Crippen LogP) is 0.203. The van der Waals surface area contributed by atoms with Crippen LogP contribution in [0.25, 0.3) is 0 Å². The first-order valence-electron chi connectivity index (χ1n) is 4.25. The second kappa shape index (κ2) is 5.06. The van der Waals surface area contributed by atoms with E-state index < -0.39 is 17.6 Å². The fraction of sp³-hybridized carbons (Fsp3) is 0.222. The predicted molar refractivity (Wildman–Crippen MR) is 52.0 cm³/mol. The van der Waals surface area contributed by atoms with E-state index in [1.807, 2.05) is 0 Å². The molecule has 6 heteroatoms. The molecule has 1 aromatic carbocycles. The lowest BCUT2D eigenvalue weighted by atomic mass is 10.1. The molecule has 0 heterocycles. The Labute approximate surface area is 85.7 Å². The summed E-state index contributed by atoms with van der Waals surface area (Å²) in [5.41, 5.74) is 0.235. The molecule has 1 amide bonds. The van der Waals surface area contributed by atoms with Crippen molar-refractivity contribution in [2.45, 2.75) is 6.42 Å². The maximum absolute atomic E-state index is 11.1.